The molecule has 0 bridgehead atoms. The van der Waals surface area contributed by atoms with Crippen LogP contribution in [0.25, 0.3) is 0 Å². The summed E-state index contributed by atoms with van der Waals surface area (Å²) in [6, 6.07) is 8.27. The van der Waals surface area contributed by atoms with E-state index in [1.807, 2.05) is 18.2 Å². The van der Waals surface area contributed by atoms with Crippen molar-refractivity contribution in [2.45, 2.75) is 44.6 Å². The van der Waals surface area contributed by atoms with E-state index in [1.165, 1.54) is 28.7 Å². The minimum Gasteiger partial charge on any atom is -0.459 e. The summed E-state index contributed by atoms with van der Waals surface area (Å²) in [5.41, 5.74) is 3.09. The van der Waals surface area contributed by atoms with Crippen molar-refractivity contribution < 1.29 is 23.5 Å². The Hall–Kier alpha value is -2.89. The molecule has 6 nitrogen and oxygen atoms in total. The molecule has 6 heteroatoms. The number of benzene rings is 1. The van der Waals surface area contributed by atoms with Crippen molar-refractivity contribution >= 4 is 17.7 Å². The summed E-state index contributed by atoms with van der Waals surface area (Å²) < 4.78 is 10.4. The number of hydrogen-bond acceptors (Lipinski definition) is 5. The first-order valence-electron chi connectivity index (χ1n) is 9.79. The number of ketones is 1. The number of furan rings is 1. The van der Waals surface area contributed by atoms with Gasteiger partial charge in [-0.05, 0) is 67.9 Å². The zero-order valence-electron chi connectivity index (χ0n) is 15.7. The highest BCUT2D eigenvalue weighted by molar-refractivity contribution is 5.99. The summed E-state index contributed by atoms with van der Waals surface area (Å²) in [6.07, 6.45) is 7.03. The third-order valence-electron chi connectivity index (χ3n) is 5.53. The fourth-order valence-corrected chi connectivity index (χ4v) is 4.02. The third-order valence-corrected chi connectivity index (χ3v) is 5.53. The summed E-state index contributed by atoms with van der Waals surface area (Å²) in [4.78, 5) is 38.9. The van der Waals surface area contributed by atoms with E-state index in [1.54, 1.807) is 12.1 Å². The lowest BCUT2D eigenvalue weighted by Crippen LogP contribution is -2.41. The maximum Gasteiger partial charge on any atom is 0.329 e. The van der Waals surface area contributed by atoms with E-state index < -0.39 is 12.0 Å². The predicted octanol–water partition coefficient (Wildman–Crippen LogP) is 3.19. The number of carbonyl (C=O) groups is 3. The molecule has 146 valence electrons. The number of ether oxygens (including phenoxy) is 1. The molecule has 28 heavy (non-hydrogen) atoms. The van der Waals surface area contributed by atoms with Crippen LogP contribution in [0, 0.1) is 0 Å². The second-order valence-electron chi connectivity index (χ2n) is 7.36. The summed E-state index contributed by atoms with van der Waals surface area (Å²) in [6.45, 7) is 0.162. The van der Waals surface area contributed by atoms with Gasteiger partial charge in [0.2, 0.25) is 0 Å². The molecule has 4 rings (SSSR count). The van der Waals surface area contributed by atoms with Gasteiger partial charge in [0, 0.05) is 12.1 Å². The molecular weight excluding hydrogens is 358 g/mol. The van der Waals surface area contributed by atoms with Crippen molar-refractivity contribution in [1.82, 2.24) is 4.90 Å². The SMILES string of the molecule is O=C(COC(=O)[C@@H]1CCCN1C(=O)c1ccco1)c1ccc2c(c1)CCCC2. The standard InChI is InChI=1S/C22H23NO5/c24-19(17-10-9-15-5-1-2-6-16(15)13-17)14-28-22(26)18-7-3-11-23(18)21(25)20-8-4-12-27-20/h4,8-10,12-13,18H,1-3,5-7,11,14H2/t18-/m0/s1. The summed E-state index contributed by atoms with van der Waals surface area (Å²) in [5.74, 6) is -0.886. The first-order valence-corrected chi connectivity index (χ1v) is 9.79. The molecule has 2 aromatic rings. The quantitative estimate of drug-likeness (QED) is 0.587. The van der Waals surface area contributed by atoms with E-state index in [2.05, 4.69) is 0 Å². The highest BCUT2D eigenvalue weighted by atomic mass is 16.5. The first kappa shape index (κ1) is 18.5. The zero-order valence-corrected chi connectivity index (χ0v) is 15.7. The molecule has 1 aromatic carbocycles. The molecule has 2 heterocycles. The molecule has 0 unspecified atom stereocenters. The highest BCUT2D eigenvalue weighted by Gasteiger charge is 2.36. The lowest BCUT2D eigenvalue weighted by molar-refractivity contribution is -0.147. The second kappa shape index (κ2) is 8.00. The van der Waals surface area contributed by atoms with Gasteiger partial charge in [-0.3, -0.25) is 9.59 Å². The normalized spacial score (nSPS) is 18.6. The number of rotatable bonds is 5. The zero-order chi connectivity index (χ0) is 19.5. The van der Waals surface area contributed by atoms with Crippen LogP contribution >= 0.6 is 0 Å². The Labute approximate surface area is 163 Å². The van der Waals surface area contributed by atoms with Crippen LogP contribution in [-0.4, -0.2) is 41.8 Å². The van der Waals surface area contributed by atoms with Gasteiger partial charge in [-0.25, -0.2) is 4.79 Å². The van der Waals surface area contributed by atoms with E-state index in [4.69, 9.17) is 9.15 Å². The van der Waals surface area contributed by atoms with Crippen LogP contribution < -0.4 is 0 Å². The number of hydrogen-bond donors (Lipinski definition) is 0. The second-order valence-corrected chi connectivity index (χ2v) is 7.36. The smallest absolute Gasteiger partial charge is 0.329 e. The number of fused-ring (bicyclic) bond motifs is 1. The Morgan fingerprint density at radius 1 is 1.07 bits per heavy atom. The fourth-order valence-electron chi connectivity index (χ4n) is 4.02. The van der Waals surface area contributed by atoms with E-state index >= 15 is 0 Å². The molecule has 2 aliphatic rings. The van der Waals surface area contributed by atoms with E-state index in [-0.39, 0.29) is 24.1 Å². The van der Waals surface area contributed by atoms with Gasteiger partial charge in [-0.1, -0.05) is 12.1 Å². The van der Waals surface area contributed by atoms with Crippen LogP contribution in [-0.2, 0) is 22.4 Å². The number of amides is 1. The molecule has 0 N–H and O–H groups in total. The molecule has 0 radical (unpaired) electrons. The summed E-state index contributed by atoms with van der Waals surface area (Å²) in [5, 5.41) is 0. The molecule has 0 spiro atoms. The molecule has 0 saturated carbocycles. The Morgan fingerprint density at radius 2 is 1.89 bits per heavy atom. The number of likely N-dealkylation sites (tertiary alicyclic amines) is 1. The average molecular weight is 381 g/mol. The minimum absolute atomic E-state index is 0.199. The van der Waals surface area contributed by atoms with Gasteiger partial charge in [0.15, 0.2) is 18.2 Å². The molecule has 1 fully saturated rings. The molecule has 1 aromatic heterocycles. The van der Waals surface area contributed by atoms with Crippen molar-refractivity contribution in [2.24, 2.45) is 0 Å². The number of esters is 1. The topological polar surface area (TPSA) is 76.8 Å². The van der Waals surface area contributed by atoms with Gasteiger partial charge >= 0.3 is 5.97 Å². The Balaban J connectivity index is 1.37. The van der Waals surface area contributed by atoms with Gasteiger partial charge in [-0.15, -0.1) is 0 Å². The van der Waals surface area contributed by atoms with Crippen LogP contribution in [0.1, 0.15) is 57.7 Å². The molecule has 1 aliphatic carbocycles. The minimum atomic E-state index is -0.672. The summed E-state index contributed by atoms with van der Waals surface area (Å²) in [7, 11) is 0. The third kappa shape index (κ3) is 3.72. The lowest BCUT2D eigenvalue weighted by Gasteiger charge is -2.22. The van der Waals surface area contributed by atoms with Gasteiger partial charge in [-0.2, -0.15) is 0 Å². The van der Waals surface area contributed by atoms with Crippen molar-refractivity contribution in [3.63, 3.8) is 0 Å². The maximum absolute atomic E-state index is 12.5. The number of carbonyl (C=O) groups excluding carboxylic acids is 3. The van der Waals surface area contributed by atoms with Gasteiger partial charge in [0.25, 0.3) is 5.91 Å². The van der Waals surface area contributed by atoms with Crippen LogP contribution in [0.3, 0.4) is 0 Å². The summed E-state index contributed by atoms with van der Waals surface area (Å²) >= 11 is 0. The van der Waals surface area contributed by atoms with Crippen LogP contribution in [0.15, 0.2) is 41.0 Å². The van der Waals surface area contributed by atoms with Crippen molar-refractivity contribution in [2.75, 3.05) is 13.2 Å². The lowest BCUT2D eigenvalue weighted by atomic mass is 9.90. The Kier molecular flexibility index (Phi) is 5.28. The monoisotopic (exact) mass is 381 g/mol. The van der Waals surface area contributed by atoms with E-state index in [0.717, 1.165) is 19.3 Å². The van der Waals surface area contributed by atoms with Gasteiger partial charge < -0.3 is 14.1 Å². The van der Waals surface area contributed by atoms with Crippen molar-refractivity contribution in [3.8, 4) is 0 Å². The number of nitrogens with zero attached hydrogens (tertiary/aromatic N) is 1. The molecule has 1 aliphatic heterocycles. The van der Waals surface area contributed by atoms with E-state index in [0.29, 0.717) is 24.9 Å². The molecule has 1 amide bonds. The van der Waals surface area contributed by atoms with Gasteiger partial charge in [0.05, 0.1) is 6.26 Å². The Bertz CT molecular complexity index is 886. The predicted molar refractivity (Wildman–Crippen MR) is 101 cm³/mol. The number of Topliss-reactive ketones (excluding diaryl/α,β-unsaturated/α-hetero) is 1. The fraction of sp³-hybridized carbons (Fsp3) is 0.409. The van der Waals surface area contributed by atoms with Crippen LogP contribution in [0.5, 0.6) is 0 Å². The molecular formula is C22H23NO5. The van der Waals surface area contributed by atoms with E-state index in [9.17, 15) is 14.4 Å². The number of aryl methyl sites for hydroxylation is 2. The van der Waals surface area contributed by atoms with Crippen LogP contribution in [0.4, 0.5) is 0 Å². The largest absolute Gasteiger partial charge is 0.459 e. The van der Waals surface area contributed by atoms with Crippen molar-refractivity contribution in [1.29, 1.82) is 0 Å². The van der Waals surface area contributed by atoms with Crippen LogP contribution in [0.2, 0.25) is 0 Å². The first-order chi connectivity index (χ1) is 13.6. The average Bonchev–Trinajstić information content (AvgIpc) is 3.43. The van der Waals surface area contributed by atoms with Gasteiger partial charge in [0.1, 0.15) is 6.04 Å². The Morgan fingerprint density at radius 3 is 2.68 bits per heavy atom. The highest BCUT2D eigenvalue weighted by Crippen LogP contribution is 2.23. The maximum atomic E-state index is 12.5. The molecule has 1 saturated heterocycles. The molecule has 1 atom stereocenters. The van der Waals surface area contributed by atoms with Crippen molar-refractivity contribution in [3.05, 3.63) is 59.0 Å².